The van der Waals surface area contributed by atoms with E-state index in [4.69, 9.17) is 4.42 Å². The maximum atomic E-state index is 11.5. The third kappa shape index (κ3) is 9.26. The Hall–Kier alpha value is -15.1. The van der Waals surface area contributed by atoms with Crippen molar-refractivity contribution in [2.75, 3.05) is 0 Å². The van der Waals surface area contributed by atoms with Gasteiger partial charge in [-0.05, 0) is 185 Å². The molecule has 0 spiro atoms. The molecule has 0 aliphatic carbocycles. The fourth-order valence-electron chi connectivity index (χ4n) is 18.6. The van der Waals surface area contributed by atoms with Crippen LogP contribution < -0.4 is 0 Å². The van der Waals surface area contributed by atoms with E-state index in [0.717, 1.165) is 175 Å². The van der Waals surface area contributed by atoms with Crippen LogP contribution in [0.15, 0.2) is 296 Å². The van der Waals surface area contributed by atoms with Gasteiger partial charge in [0.05, 0.1) is 111 Å². The first-order valence-electron chi connectivity index (χ1n) is 38.2. The number of para-hydroxylation sites is 6. The summed E-state index contributed by atoms with van der Waals surface area (Å²) in [5.74, 6) is 0. The van der Waals surface area contributed by atoms with E-state index in [9.17, 15) is 21.0 Å². The number of rotatable bonds is 7. The smallest absolute Gasteiger partial charge is 0.145 e. The van der Waals surface area contributed by atoms with Gasteiger partial charge in [0, 0.05) is 87.1 Å². The van der Waals surface area contributed by atoms with Crippen molar-refractivity contribution in [2.45, 2.75) is 52.4 Å². The fraction of sp³-hybridized carbons (Fsp3) is 0.0784. The molecule has 0 bridgehead atoms. The lowest BCUT2D eigenvalue weighted by Gasteiger charge is -2.19. The van der Waals surface area contributed by atoms with Crippen molar-refractivity contribution < 1.29 is 4.42 Å². The predicted molar refractivity (Wildman–Crippen MR) is 461 cm³/mol. The van der Waals surface area contributed by atoms with E-state index < -0.39 is 0 Å². The Bertz CT molecular complexity index is 8040. The minimum Gasteiger partial charge on any atom is -0.455 e. The number of hydrogen-bond acceptors (Lipinski definition) is 5. The molecule has 0 N–H and O–H groups in total. The first-order valence-corrected chi connectivity index (χ1v) is 38.2. The molecule has 11 heteroatoms. The molecule has 0 radical (unpaired) electrons. The van der Waals surface area contributed by atoms with Gasteiger partial charge < -0.3 is 31.8 Å². The molecule has 0 aliphatic heterocycles. The molecule has 0 saturated carbocycles. The topological polar surface area (TPSA) is 138 Å². The van der Waals surface area contributed by atoms with Crippen molar-refractivity contribution in [3.63, 3.8) is 0 Å². The van der Waals surface area contributed by atoms with Gasteiger partial charge in [-0.25, -0.2) is 0 Å². The number of aromatic nitrogens is 6. The summed E-state index contributed by atoms with van der Waals surface area (Å²) >= 11 is 0. The van der Waals surface area contributed by atoms with Gasteiger partial charge in [0.1, 0.15) is 35.4 Å². The molecule has 22 aromatic rings. The first kappa shape index (κ1) is 65.0. The van der Waals surface area contributed by atoms with E-state index in [1.807, 2.05) is 60.7 Å². The standard InChI is InChI=1S/C102H66N10O/c1-101(2,3)65-34-40-86-78(51-65)79-52-66(102(4,5)6)35-41-87(79)112(86)99-63(57-105)47-69(48-64(99)58-106)109-88-42-36-68(53-80(88)98-91(109)43-38-74-73-25-14-19-31-95(73)113-100(74)98)108-81-27-15-12-24-72(81)77-49-59(33-39-85(77)108)60-32-37-76-94(50-60)107(67-20-8-7-9-21-67)89-44-45-90-96(97(76)89)75-26-13-18-30-84(75)111(90)93-54-92(61(55-103)46-62(93)56-104)110-82-28-16-10-22-70(82)71-23-11-17-29-83(71)110/h7-54H,1-6H3. The SMILES string of the molecule is CC(C)(C)c1ccc2c(c1)c1cc(C(C)(C)C)ccc1n2-c1c(C#N)cc(-n2c3ccc(-n4c5ccccc5c5cc(-c6ccc7c8c9c%10ccccc%10n(-c%10cc(-n%11c%12ccccc%12c%12ccccc%12%11)c(C#N)cc%10C#N)c9ccc8n(-c8ccccc8)c7c6)ccc54)cc3c3c4oc5ccccc5c4ccc32)cc1C#N. The van der Waals surface area contributed by atoms with Crippen LogP contribution in [0.25, 0.3) is 198 Å². The van der Waals surface area contributed by atoms with Gasteiger partial charge in [0.15, 0.2) is 0 Å². The molecule has 7 heterocycles. The quantitative estimate of drug-likeness (QED) is 0.156. The van der Waals surface area contributed by atoms with Crippen molar-refractivity contribution in [2.24, 2.45) is 0 Å². The third-order valence-electron chi connectivity index (χ3n) is 23.8. The summed E-state index contributed by atoms with van der Waals surface area (Å²) in [5.41, 5.74) is 23.6. The molecule has 0 fully saturated rings. The van der Waals surface area contributed by atoms with Crippen LogP contribution in [0, 0.1) is 45.3 Å². The molecule has 0 aliphatic rings. The van der Waals surface area contributed by atoms with E-state index in [0.29, 0.717) is 45.0 Å². The van der Waals surface area contributed by atoms with Gasteiger partial charge in [-0.3, -0.25) is 0 Å². The molecule has 15 aromatic carbocycles. The summed E-state index contributed by atoms with van der Waals surface area (Å²) in [6, 6.07) is 113. The summed E-state index contributed by atoms with van der Waals surface area (Å²) in [4.78, 5) is 0. The van der Waals surface area contributed by atoms with Crippen LogP contribution >= 0.6 is 0 Å². The monoisotopic (exact) mass is 1450 g/mol. The summed E-state index contributed by atoms with van der Waals surface area (Å²) in [7, 11) is 0. The van der Waals surface area contributed by atoms with E-state index in [-0.39, 0.29) is 10.8 Å². The number of hydrogen-bond donors (Lipinski definition) is 0. The Balaban J connectivity index is 0.713. The lowest BCUT2D eigenvalue weighted by atomic mass is 9.85. The lowest BCUT2D eigenvalue weighted by molar-refractivity contribution is 0.590. The third-order valence-corrected chi connectivity index (χ3v) is 23.8. The number of furan rings is 1. The van der Waals surface area contributed by atoms with Crippen molar-refractivity contribution in [1.82, 2.24) is 27.4 Å². The van der Waals surface area contributed by atoms with E-state index in [1.54, 1.807) is 6.07 Å². The Kier molecular flexibility index (Phi) is 13.6. The van der Waals surface area contributed by atoms with Gasteiger partial charge in [-0.15, -0.1) is 0 Å². The minimum absolute atomic E-state index is 0.113. The Labute approximate surface area is 648 Å². The van der Waals surface area contributed by atoms with Crippen molar-refractivity contribution >= 4 is 153 Å². The average molecular weight is 1450 g/mol. The summed E-state index contributed by atoms with van der Waals surface area (Å²) in [5, 5.41) is 59.8. The average Bonchev–Trinajstić information content (AvgIpc) is 1.54. The number of nitrogens with zero attached hydrogens (tertiary/aromatic N) is 10. The molecule has 7 aromatic heterocycles. The highest BCUT2D eigenvalue weighted by atomic mass is 16.3. The highest BCUT2D eigenvalue weighted by Gasteiger charge is 2.30. The van der Waals surface area contributed by atoms with Crippen LogP contribution in [-0.4, -0.2) is 27.4 Å². The van der Waals surface area contributed by atoms with Gasteiger partial charge in [0.2, 0.25) is 0 Å². The number of fused-ring (bicyclic) bond motifs is 23. The highest BCUT2D eigenvalue weighted by molar-refractivity contribution is 6.30. The summed E-state index contributed by atoms with van der Waals surface area (Å²) in [6.07, 6.45) is 0. The molecule has 11 nitrogen and oxygen atoms in total. The molecule has 22 rings (SSSR count). The van der Waals surface area contributed by atoms with E-state index >= 15 is 0 Å². The summed E-state index contributed by atoms with van der Waals surface area (Å²) in [6.45, 7) is 13.4. The molecule has 113 heavy (non-hydrogen) atoms. The second-order valence-corrected chi connectivity index (χ2v) is 32.1. The molecule has 0 amide bonds. The molecule has 530 valence electrons. The van der Waals surface area contributed by atoms with Crippen molar-refractivity contribution in [1.29, 1.82) is 21.0 Å². The molecule has 0 saturated heterocycles. The largest absolute Gasteiger partial charge is 0.455 e. The maximum Gasteiger partial charge on any atom is 0.145 e. The van der Waals surface area contributed by atoms with E-state index in [2.05, 4.69) is 318 Å². The van der Waals surface area contributed by atoms with Gasteiger partial charge in [0.25, 0.3) is 0 Å². The van der Waals surface area contributed by atoms with E-state index in [1.165, 1.54) is 11.1 Å². The number of benzene rings is 15. The van der Waals surface area contributed by atoms with Gasteiger partial charge in [-0.1, -0.05) is 181 Å². The zero-order valence-electron chi connectivity index (χ0n) is 62.6. The maximum absolute atomic E-state index is 11.5. The normalized spacial score (nSPS) is 12.3. The minimum atomic E-state index is -0.113. The van der Waals surface area contributed by atoms with Gasteiger partial charge in [-0.2, -0.15) is 21.0 Å². The molecule has 0 atom stereocenters. The molecular formula is C102H66N10O. The first-order chi connectivity index (χ1) is 55.2. The van der Waals surface area contributed by atoms with Crippen LogP contribution in [0.3, 0.4) is 0 Å². The second-order valence-electron chi connectivity index (χ2n) is 32.1. The number of nitriles is 4. The zero-order valence-corrected chi connectivity index (χ0v) is 62.6. The van der Waals surface area contributed by atoms with Crippen molar-refractivity contribution in [3.8, 4) is 69.5 Å². The second kappa shape index (κ2) is 23.7. The zero-order chi connectivity index (χ0) is 76.2. The predicted octanol–water partition coefficient (Wildman–Crippen LogP) is 25.9. The highest BCUT2D eigenvalue weighted by Crippen LogP contribution is 2.49. The lowest BCUT2D eigenvalue weighted by Crippen LogP contribution is -2.10. The molecular weight excluding hydrogens is 1380 g/mol. The molecule has 0 unspecified atom stereocenters. The Morgan fingerprint density at radius 2 is 0.655 bits per heavy atom. The Morgan fingerprint density at radius 1 is 0.248 bits per heavy atom. The van der Waals surface area contributed by atoms with Gasteiger partial charge >= 0.3 is 0 Å². The van der Waals surface area contributed by atoms with Crippen molar-refractivity contribution in [3.05, 3.63) is 325 Å². The van der Waals surface area contributed by atoms with Crippen LogP contribution in [0.4, 0.5) is 0 Å². The Morgan fingerprint density at radius 3 is 1.27 bits per heavy atom. The summed E-state index contributed by atoms with van der Waals surface area (Å²) < 4.78 is 20.4. The van der Waals surface area contributed by atoms with Crippen LogP contribution in [0.2, 0.25) is 0 Å². The van der Waals surface area contributed by atoms with Crippen LogP contribution in [0.5, 0.6) is 0 Å². The van der Waals surface area contributed by atoms with Crippen LogP contribution in [-0.2, 0) is 10.8 Å². The van der Waals surface area contributed by atoms with Crippen LogP contribution in [0.1, 0.15) is 74.9 Å². The fourth-order valence-corrected chi connectivity index (χ4v) is 18.6.